The molecule has 0 heterocycles. The molecule has 0 aliphatic heterocycles. The van der Waals surface area contributed by atoms with E-state index in [0.717, 1.165) is 17.0 Å². The number of nitrogens with two attached hydrogens (primary N) is 1. The minimum Gasteiger partial charge on any atom is -0.324 e. The molecule has 0 amide bonds. The van der Waals surface area contributed by atoms with Crippen LogP contribution in [0, 0.1) is 6.92 Å². The predicted molar refractivity (Wildman–Crippen MR) is 90.3 cm³/mol. The molecule has 0 saturated heterocycles. The van der Waals surface area contributed by atoms with E-state index in [1.807, 2.05) is 12.1 Å². The third kappa shape index (κ3) is 6.28. The first-order chi connectivity index (χ1) is 9.66. The molecule has 1 rings (SSSR count). The van der Waals surface area contributed by atoms with Gasteiger partial charge < -0.3 is 5.73 Å². The van der Waals surface area contributed by atoms with Gasteiger partial charge in [0.05, 0.1) is 0 Å². The van der Waals surface area contributed by atoms with Crippen LogP contribution in [0.4, 0.5) is 0 Å². The van der Waals surface area contributed by atoms with Crippen LogP contribution in [-0.2, 0) is 0 Å². The summed E-state index contributed by atoms with van der Waals surface area (Å²) in [6, 6.07) is 6.17. The maximum Gasteiger partial charge on any atom is 0.0438 e. The maximum atomic E-state index is 6.29. The number of unbranched alkanes of at least 4 members (excludes halogenated alkanes) is 7. The second kappa shape index (κ2) is 10.2. The van der Waals surface area contributed by atoms with E-state index in [9.17, 15) is 0 Å². The number of benzene rings is 1. The smallest absolute Gasteiger partial charge is 0.0438 e. The lowest BCUT2D eigenvalue weighted by molar-refractivity contribution is 0.535. The number of halogens is 1. The predicted octanol–water partition coefficient (Wildman–Crippen LogP) is 6.18. The average molecular weight is 296 g/mol. The van der Waals surface area contributed by atoms with Crippen LogP contribution in [0.2, 0.25) is 5.02 Å². The Morgan fingerprint density at radius 3 is 2.25 bits per heavy atom. The zero-order chi connectivity index (χ0) is 14.8. The molecule has 2 N–H and O–H groups in total. The van der Waals surface area contributed by atoms with Gasteiger partial charge in [0.15, 0.2) is 0 Å². The quantitative estimate of drug-likeness (QED) is 0.512. The van der Waals surface area contributed by atoms with Crippen molar-refractivity contribution < 1.29 is 0 Å². The second-order valence-electron chi connectivity index (χ2n) is 5.82. The highest BCUT2D eigenvalue weighted by molar-refractivity contribution is 6.31. The van der Waals surface area contributed by atoms with Crippen molar-refractivity contribution in [3.05, 3.63) is 34.3 Å². The average Bonchev–Trinajstić information content (AvgIpc) is 2.44. The summed E-state index contributed by atoms with van der Waals surface area (Å²) in [6.45, 7) is 4.32. The fourth-order valence-electron chi connectivity index (χ4n) is 2.68. The second-order valence-corrected chi connectivity index (χ2v) is 6.23. The standard InChI is InChI=1S/C18H30ClN/c1-3-4-5-6-7-8-9-10-14-18(20)16-12-11-13-17(19)15(16)2/h11-13,18H,3-10,14,20H2,1-2H3. The van der Waals surface area contributed by atoms with Gasteiger partial charge in [0.1, 0.15) is 0 Å². The molecule has 0 radical (unpaired) electrons. The molecule has 0 spiro atoms. The van der Waals surface area contributed by atoms with Gasteiger partial charge in [0.25, 0.3) is 0 Å². The Kier molecular flexibility index (Phi) is 8.97. The Bertz CT molecular complexity index is 376. The van der Waals surface area contributed by atoms with Crippen molar-refractivity contribution >= 4 is 11.6 Å². The van der Waals surface area contributed by atoms with Gasteiger partial charge >= 0.3 is 0 Å². The van der Waals surface area contributed by atoms with Crippen molar-refractivity contribution in [3.63, 3.8) is 0 Å². The highest BCUT2D eigenvalue weighted by Gasteiger charge is 2.10. The lowest BCUT2D eigenvalue weighted by atomic mass is 9.97. The van der Waals surface area contributed by atoms with Crippen molar-refractivity contribution in [3.8, 4) is 0 Å². The van der Waals surface area contributed by atoms with Crippen LogP contribution in [0.25, 0.3) is 0 Å². The van der Waals surface area contributed by atoms with E-state index in [2.05, 4.69) is 19.9 Å². The molecule has 1 atom stereocenters. The summed E-state index contributed by atoms with van der Waals surface area (Å²) in [4.78, 5) is 0. The molecule has 1 aromatic carbocycles. The van der Waals surface area contributed by atoms with Crippen LogP contribution in [0.1, 0.15) is 81.9 Å². The normalized spacial score (nSPS) is 12.6. The van der Waals surface area contributed by atoms with E-state index < -0.39 is 0 Å². The Balaban J connectivity index is 2.17. The van der Waals surface area contributed by atoms with Crippen molar-refractivity contribution in [1.29, 1.82) is 0 Å². The Morgan fingerprint density at radius 2 is 1.60 bits per heavy atom. The summed E-state index contributed by atoms with van der Waals surface area (Å²) < 4.78 is 0. The highest BCUT2D eigenvalue weighted by atomic mass is 35.5. The number of hydrogen-bond donors (Lipinski definition) is 1. The van der Waals surface area contributed by atoms with Gasteiger partial charge in [-0.3, -0.25) is 0 Å². The molecule has 1 nitrogen and oxygen atoms in total. The summed E-state index contributed by atoms with van der Waals surface area (Å²) in [5, 5.41) is 0.828. The van der Waals surface area contributed by atoms with Gasteiger partial charge in [-0.1, -0.05) is 82.0 Å². The Hall–Kier alpha value is -0.530. The zero-order valence-electron chi connectivity index (χ0n) is 13.1. The summed E-state index contributed by atoms with van der Waals surface area (Å²) in [5.41, 5.74) is 8.64. The van der Waals surface area contributed by atoms with E-state index in [0.29, 0.717) is 0 Å². The monoisotopic (exact) mass is 295 g/mol. The van der Waals surface area contributed by atoms with Gasteiger partial charge in [0.2, 0.25) is 0 Å². The highest BCUT2D eigenvalue weighted by Crippen LogP contribution is 2.26. The van der Waals surface area contributed by atoms with Crippen molar-refractivity contribution in [2.24, 2.45) is 5.73 Å². The van der Waals surface area contributed by atoms with Crippen LogP contribution >= 0.6 is 11.6 Å². The molecule has 0 bridgehead atoms. The van der Waals surface area contributed by atoms with E-state index in [4.69, 9.17) is 17.3 Å². The van der Waals surface area contributed by atoms with Crippen LogP contribution in [0.15, 0.2) is 18.2 Å². The summed E-state index contributed by atoms with van der Waals surface area (Å²) in [7, 11) is 0. The van der Waals surface area contributed by atoms with Gasteiger partial charge in [-0.15, -0.1) is 0 Å². The molecular formula is C18H30ClN. The maximum absolute atomic E-state index is 6.29. The molecular weight excluding hydrogens is 266 g/mol. The molecule has 0 aliphatic rings. The first-order valence-electron chi connectivity index (χ1n) is 8.17. The molecule has 0 aliphatic carbocycles. The molecule has 1 unspecified atom stereocenters. The lowest BCUT2D eigenvalue weighted by Crippen LogP contribution is -2.11. The van der Waals surface area contributed by atoms with Crippen molar-refractivity contribution in [2.45, 2.75) is 77.7 Å². The van der Waals surface area contributed by atoms with Crippen LogP contribution in [-0.4, -0.2) is 0 Å². The number of rotatable bonds is 10. The van der Waals surface area contributed by atoms with Crippen LogP contribution in [0.3, 0.4) is 0 Å². The Labute approximate surface area is 129 Å². The molecule has 114 valence electrons. The first-order valence-corrected chi connectivity index (χ1v) is 8.55. The van der Waals surface area contributed by atoms with Gasteiger partial charge in [-0.25, -0.2) is 0 Å². The first kappa shape index (κ1) is 17.5. The van der Waals surface area contributed by atoms with Gasteiger partial charge in [-0.05, 0) is 30.5 Å². The minimum absolute atomic E-state index is 0.133. The minimum atomic E-state index is 0.133. The van der Waals surface area contributed by atoms with Gasteiger partial charge in [0, 0.05) is 11.1 Å². The van der Waals surface area contributed by atoms with E-state index in [-0.39, 0.29) is 6.04 Å². The Morgan fingerprint density at radius 1 is 1.00 bits per heavy atom. The molecule has 2 heteroatoms. The zero-order valence-corrected chi connectivity index (χ0v) is 13.9. The van der Waals surface area contributed by atoms with Crippen LogP contribution < -0.4 is 5.73 Å². The fourth-order valence-corrected chi connectivity index (χ4v) is 2.86. The third-order valence-corrected chi connectivity index (χ3v) is 4.49. The summed E-state index contributed by atoms with van der Waals surface area (Å²) >= 11 is 6.15. The van der Waals surface area contributed by atoms with Crippen molar-refractivity contribution in [2.75, 3.05) is 0 Å². The SMILES string of the molecule is CCCCCCCCCCC(N)c1cccc(Cl)c1C. The molecule has 0 saturated carbocycles. The topological polar surface area (TPSA) is 26.0 Å². The van der Waals surface area contributed by atoms with Crippen LogP contribution in [0.5, 0.6) is 0 Å². The van der Waals surface area contributed by atoms with E-state index >= 15 is 0 Å². The number of hydrogen-bond acceptors (Lipinski definition) is 1. The van der Waals surface area contributed by atoms with Gasteiger partial charge in [-0.2, -0.15) is 0 Å². The largest absolute Gasteiger partial charge is 0.324 e. The van der Waals surface area contributed by atoms with E-state index in [1.165, 1.54) is 56.9 Å². The summed E-state index contributed by atoms with van der Waals surface area (Å²) in [6.07, 6.45) is 11.8. The summed E-state index contributed by atoms with van der Waals surface area (Å²) in [5.74, 6) is 0. The lowest BCUT2D eigenvalue weighted by Gasteiger charge is -2.15. The molecule has 1 aromatic rings. The molecule has 0 fully saturated rings. The van der Waals surface area contributed by atoms with E-state index in [1.54, 1.807) is 0 Å². The third-order valence-electron chi connectivity index (χ3n) is 4.08. The fraction of sp³-hybridized carbons (Fsp3) is 0.667. The molecule has 0 aromatic heterocycles. The molecule has 20 heavy (non-hydrogen) atoms. The van der Waals surface area contributed by atoms with Crippen molar-refractivity contribution in [1.82, 2.24) is 0 Å².